The Morgan fingerprint density at radius 1 is 0.933 bits per heavy atom. The molecule has 30 heavy (non-hydrogen) atoms. The van der Waals surface area contributed by atoms with Gasteiger partial charge in [-0.2, -0.15) is 0 Å². The van der Waals surface area contributed by atoms with Crippen LogP contribution in [0.15, 0.2) is 55.1 Å². The molecule has 0 aliphatic rings. The summed E-state index contributed by atoms with van der Waals surface area (Å²) in [5, 5.41) is 0. The number of unbranched alkanes of at least 4 members (excludes halogenated alkanes) is 3. The lowest BCUT2D eigenvalue weighted by atomic mass is 10.1. The van der Waals surface area contributed by atoms with Crippen LogP contribution in [-0.2, 0) is 9.53 Å². The molecule has 0 aromatic heterocycles. The molecule has 0 fully saturated rings. The second kappa shape index (κ2) is 12.2. The van der Waals surface area contributed by atoms with Gasteiger partial charge >= 0.3 is 11.9 Å². The van der Waals surface area contributed by atoms with Gasteiger partial charge in [-0.3, -0.25) is 4.79 Å². The maximum Gasteiger partial charge on any atom is 0.343 e. The van der Waals surface area contributed by atoms with E-state index in [9.17, 15) is 14.4 Å². The van der Waals surface area contributed by atoms with Gasteiger partial charge in [-0.15, -0.1) is 0 Å². The molecule has 0 radical (unpaired) electrons. The molecule has 0 unspecified atom stereocenters. The predicted octanol–water partition coefficient (Wildman–Crippen LogP) is 4.70. The molecule has 0 spiro atoms. The van der Waals surface area contributed by atoms with Crippen LogP contribution in [-0.4, -0.2) is 31.4 Å². The first-order valence-electron chi connectivity index (χ1n) is 9.83. The van der Waals surface area contributed by atoms with Crippen LogP contribution in [0.4, 0.5) is 0 Å². The van der Waals surface area contributed by atoms with Gasteiger partial charge < -0.3 is 14.2 Å². The van der Waals surface area contributed by atoms with Crippen LogP contribution < -0.4 is 9.47 Å². The lowest BCUT2D eigenvalue weighted by molar-refractivity contribution is -0.137. The molecular formula is C24H26O6. The van der Waals surface area contributed by atoms with Gasteiger partial charge in [0.15, 0.2) is 0 Å². The zero-order chi connectivity index (χ0) is 21.8. The summed E-state index contributed by atoms with van der Waals surface area (Å²) in [6.07, 6.45) is 5.50. The summed E-state index contributed by atoms with van der Waals surface area (Å²) < 4.78 is 15.9. The standard InChI is InChI=1S/C24H26O6/c1-3-23(26)29-15-7-5-4-6-14-28-21-12-9-19(10-13-21)24(27)30-22-11-8-18(2)20(16-22)17-25/h3,8-13,16-17H,1,4-7,14-15H2,2H3. The topological polar surface area (TPSA) is 78.9 Å². The second-order valence-corrected chi connectivity index (χ2v) is 6.68. The van der Waals surface area contributed by atoms with E-state index in [1.54, 1.807) is 42.5 Å². The van der Waals surface area contributed by atoms with Crippen LogP contribution in [0.3, 0.4) is 0 Å². The Bertz CT molecular complexity index is 870. The van der Waals surface area contributed by atoms with E-state index < -0.39 is 11.9 Å². The number of aryl methyl sites for hydroxylation is 1. The highest BCUT2D eigenvalue weighted by molar-refractivity contribution is 5.91. The van der Waals surface area contributed by atoms with Gasteiger partial charge in [-0.1, -0.05) is 12.6 Å². The first-order chi connectivity index (χ1) is 14.5. The molecule has 0 N–H and O–H groups in total. The van der Waals surface area contributed by atoms with Crippen molar-refractivity contribution < 1.29 is 28.6 Å². The third-order valence-electron chi connectivity index (χ3n) is 4.40. The Kier molecular flexibility index (Phi) is 9.31. The monoisotopic (exact) mass is 410 g/mol. The third-order valence-corrected chi connectivity index (χ3v) is 4.40. The van der Waals surface area contributed by atoms with Crippen molar-refractivity contribution >= 4 is 18.2 Å². The fourth-order valence-electron chi connectivity index (χ4n) is 2.64. The number of aldehydes is 1. The van der Waals surface area contributed by atoms with Crippen molar-refractivity contribution in [3.8, 4) is 11.5 Å². The summed E-state index contributed by atoms with van der Waals surface area (Å²) in [7, 11) is 0. The molecule has 6 nitrogen and oxygen atoms in total. The average Bonchev–Trinajstić information content (AvgIpc) is 2.77. The number of carbonyl (C=O) groups excluding carboxylic acids is 3. The fourth-order valence-corrected chi connectivity index (χ4v) is 2.64. The van der Waals surface area contributed by atoms with Crippen molar-refractivity contribution in [3.63, 3.8) is 0 Å². The van der Waals surface area contributed by atoms with Gasteiger partial charge in [-0.05, 0) is 74.6 Å². The molecule has 0 saturated carbocycles. The van der Waals surface area contributed by atoms with Crippen molar-refractivity contribution in [2.45, 2.75) is 32.6 Å². The summed E-state index contributed by atoms with van der Waals surface area (Å²) in [4.78, 5) is 34.2. The molecule has 2 rings (SSSR count). The number of esters is 2. The molecule has 0 atom stereocenters. The molecule has 0 saturated heterocycles. The van der Waals surface area contributed by atoms with Gasteiger partial charge in [0.05, 0.1) is 18.8 Å². The van der Waals surface area contributed by atoms with Crippen LogP contribution in [0.25, 0.3) is 0 Å². The zero-order valence-corrected chi connectivity index (χ0v) is 17.1. The van der Waals surface area contributed by atoms with Crippen LogP contribution >= 0.6 is 0 Å². The first-order valence-corrected chi connectivity index (χ1v) is 9.83. The van der Waals surface area contributed by atoms with E-state index in [2.05, 4.69) is 6.58 Å². The van der Waals surface area contributed by atoms with Gasteiger partial charge in [0.2, 0.25) is 0 Å². The van der Waals surface area contributed by atoms with Gasteiger partial charge in [-0.25, -0.2) is 9.59 Å². The maximum absolute atomic E-state index is 12.3. The van der Waals surface area contributed by atoms with Crippen molar-refractivity contribution in [2.75, 3.05) is 13.2 Å². The smallest absolute Gasteiger partial charge is 0.343 e. The SMILES string of the molecule is C=CC(=O)OCCCCCCOc1ccc(C(=O)Oc2ccc(C)c(C=O)c2)cc1. The lowest BCUT2D eigenvalue weighted by Crippen LogP contribution is -2.09. The molecule has 2 aromatic rings. The average molecular weight is 410 g/mol. The summed E-state index contributed by atoms with van der Waals surface area (Å²) in [5.74, 6) is 0.104. The van der Waals surface area contributed by atoms with Crippen LogP contribution in [0, 0.1) is 6.92 Å². The van der Waals surface area contributed by atoms with E-state index in [-0.39, 0.29) is 0 Å². The molecule has 6 heteroatoms. The number of hydrogen-bond acceptors (Lipinski definition) is 6. The van der Waals surface area contributed by atoms with Gasteiger partial charge in [0.25, 0.3) is 0 Å². The summed E-state index contributed by atoms with van der Waals surface area (Å²) >= 11 is 0. The maximum atomic E-state index is 12.3. The summed E-state index contributed by atoms with van der Waals surface area (Å²) in [6.45, 7) is 6.13. The van der Waals surface area contributed by atoms with E-state index in [0.29, 0.717) is 35.8 Å². The molecule has 2 aromatic carbocycles. The Morgan fingerprint density at radius 2 is 1.60 bits per heavy atom. The molecule has 0 aliphatic heterocycles. The van der Waals surface area contributed by atoms with E-state index in [1.807, 2.05) is 6.92 Å². The van der Waals surface area contributed by atoms with Crippen LogP contribution in [0.5, 0.6) is 11.5 Å². The van der Waals surface area contributed by atoms with Crippen LogP contribution in [0.1, 0.15) is 52.0 Å². The normalized spacial score (nSPS) is 10.2. The minimum absolute atomic E-state index is 0.326. The third kappa shape index (κ3) is 7.54. The Morgan fingerprint density at radius 3 is 2.27 bits per heavy atom. The molecule has 0 aliphatic carbocycles. The highest BCUT2D eigenvalue weighted by Gasteiger charge is 2.10. The Labute approximate surface area is 176 Å². The van der Waals surface area contributed by atoms with E-state index in [1.165, 1.54) is 0 Å². The van der Waals surface area contributed by atoms with E-state index in [4.69, 9.17) is 14.2 Å². The van der Waals surface area contributed by atoms with E-state index >= 15 is 0 Å². The first kappa shape index (κ1) is 22.9. The van der Waals surface area contributed by atoms with Crippen molar-refractivity contribution in [2.24, 2.45) is 0 Å². The molecule has 0 amide bonds. The minimum Gasteiger partial charge on any atom is -0.494 e. The molecular weight excluding hydrogens is 384 g/mol. The zero-order valence-electron chi connectivity index (χ0n) is 17.1. The number of hydrogen-bond donors (Lipinski definition) is 0. The second-order valence-electron chi connectivity index (χ2n) is 6.68. The molecule has 0 bridgehead atoms. The molecule has 0 heterocycles. The van der Waals surface area contributed by atoms with Crippen molar-refractivity contribution in [3.05, 3.63) is 71.8 Å². The highest BCUT2D eigenvalue weighted by atomic mass is 16.5. The largest absolute Gasteiger partial charge is 0.494 e. The number of carbonyl (C=O) groups is 3. The number of ether oxygens (including phenoxy) is 3. The minimum atomic E-state index is -0.501. The fraction of sp³-hybridized carbons (Fsp3) is 0.292. The van der Waals surface area contributed by atoms with Crippen LogP contribution in [0.2, 0.25) is 0 Å². The number of rotatable bonds is 12. The summed E-state index contributed by atoms with van der Waals surface area (Å²) in [6, 6.07) is 11.6. The van der Waals surface area contributed by atoms with E-state index in [0.717, 1.165) is 43.6 Å². The quantitative estimate of drug-likeness (QED) is 0.166. The summed E-state index contributed by atoms with van der Waals surface area (Å²) in [5.41, 5.74) is 1.70. The molecule has 158 valence electrons. The van der Waals surface area contributed by atoms with Crippen molar-refractivity contribution in [1.82, 2.24) is 0 Å². The van der Waals surface area contributed by atoms with Gasteiger partial charge in [0.1, 0.15) is 17.8 Å². The lowest BCUT2D eigenvalue weighted by Gasteiger charge is -2.08. The van der Waals surface area contributed by atoms with Gasteiger partial charge in [0, 0.05) is 11.6 Å². The Balaban J connectivity index is 1.70. The van der Waals surface area contributed by atoms with Crippen molar-refractivity contribution in [1.29, 1.82) is 0 Å². The predicted molar refractivity (Wildman–Crippen MR) is 113 cm³/mol. The number of benzene rings is 2. The Hall–Kier alpha value is -3.41. The highest BCUT2D eigenvalue weighted by Crippen LogP contribution is 2.19.